The molecule has 2 rings (SSSR count). The van der Waals surface area contributed by atoms with Crippen LogP contribution < -0.4 is 0 Å². The van der Waals surface area contributed by atoms with E-state index < -0.39 is 82.0 Å². The predicted octanol–water partition coefficient (Wildman–Crippen LogP) is 3.61. The minimum atomic E-state index is -7.01. The zero-order valence-electron chi connectivity index (χ0n) is 16.6. The standard InChI is InChI=1S/C18H10F12O6/c19-15(20,21)13(35,16(22,23)24)11(9(31)32)5-6-12(10(33)34,8-4-2-1-3-7(8)11)14(36,17(25,26)27)18(28,29)30/h1-6,35-36H,(H,31,32)(H,33,34). The van der Waals surface area contributed by atoms with Gasteiger partial charge in [-0.15, -0.1) is 0 Å². The Bertz CT molecular complexity index is 987. The number of alkyl halides is 12. The highest BCUT2D eigenvalue weighted by Crippen LogP contribution is 2.62. The first-order valence-electron chi connectivity index (χ1n) is 8.81. The average Bonchev–Trinajstić information content (AvgIpc) is 2.67. The molecule has 2 unspecified atom stereocenters. The molecule has 1 aromatic carbocycles. The van der Waals surface area contributed by atoms with E-state index in [9.17, 15) is 82.7 Å². The second-order valence-corrected chi connectivity index (χ2v) is 7.52. The average molecular weight is 550 g/mol. The highest BCUT2D eigenvalue weighted by atomic mass is 19.4. The first-order valence-corrected chi connectivity index (χ1v) is 8.81. The van der Waals surface area contributed by atoms with E-state index in [1.165, 1.54) is 0 Å². The van der Waals surface area contributed by atoms with Gasteiger partial charge in [-0.3, -0.25) is 9.59 Å². The number of carboxylic acid groups (broad SMARTS) is 2. The second-order valence-electron chi connectivity index (χ2n) is 7.52. The minimum Gasteiger partial charge on any atom is -0.480 e. The van der Waals surface area contributed by atoms with Crippen LogP contribution in [0.5, 0.6) is 0 Å². The van der Waals surface area contributed by atoms with Crippen molar-refractivity contribution in [3.05, 3.63) is 47.5 Å². The van der Waals surface area contributed by atoms with Crippen LogP contribution in [0.4, 0.5) is 52.7 Å². The monoisotopic (exact) mass is 550 g/mol. The fraction of sp³-hybridized carbons (Fsp3) is 0.444. The summed E-state index contributed by atoms with van der Waals surface area (Å²) in [6, 6.07) is 0.409. The predicted molar refractivity (Wildman–Crippen MR) is 88.3 cm³/mol. The molecule has 0 fully saturated rings. The molecule has 2 atom stereocenters. The van der Waals surface area contributed by atoms with E-state index >= 15 is 0 Å². The fourth-order valence-electron chi connectivity index (χ4n) is 4.13. The van der Waals surface area contributed by atoms with Crippen LogP contribution in [0, 0.1) is 0 Å². The minimum absolute atomic E-state index is 0.153. The van der Waals surface area contributed by atoms with Crippen molar-refractivity contribution < 1.29 is 82.7 Å². The maximum absolute atomic E-state index is 13.7. The Morgan fingerprint density at radius 1 is 0.556 bits per heavy atom. The molecule has 1 aromatic rings. The van der Waals surface area contributed by atoms with Crippen molar-refractivity contribution in [3.63, 3.8) is 0 Å². The van der Waals surface area contributed by atoms with Crippen molar-refractivity contribution >= 4 is 11.9 Å². The number of benzene rings is 1. The lowest BCUT2D eigenvalue weighted by molar-refractivity contribution is -0.387. The van der Waals surface area contributed by atoms with E-state index in [1.807, 2.05) is 0 Å². The zero-order chi connectivity index (χ0) is 28.6. The fourth-order valence-corrected chi connectivity index (χ4v) is 4.13. The maximum Gasteiger partial charge on any atom is 0.428 e. The molecule has 202 valence electrons. The van der Waals surface area contributed by atoms with Crippen LogP contribution in [-0.4, -0.2) is 68.3 Å². The SMILES string of the molecule is O=C(O)C1(C(O)(C(F)(F)F)C(F)(F)F)C=CC(C(=O)O)(C(O)(C(F)(F)F)C(F)(F)F)c2ccccc21. The summed E-state index contributed by atoms with van der Waals surface area (Å²) >= 11 is 0. The van der Waals surface area contributed by atoms with Gasteiger partial charge in [-0.2, -0.15) is 52.7 Å². The molecule has 0 aromatic heterocycles. The van der Waals surface area contributed by atoms with Gasteiger partial charge < -0.3 is 20.4 Å². The summed E-state index contributed by atoms with van der Waals surface area (Å²) in [4.78, 5) is 23.9. The van der Waals surface area contributed by atoms with Crippen LogP contribution in [0.15, 0.2) is 36.4 Å². The van der Waals surface area contributed by atoms with Gasteiger partial charge >= 0.3 is 36.6 Å². The molecule has 6 nitrogen and oxygen atoms in total. The number of carbonyl (C=O) groups is 2. The molecule has 0 bridgehead atoms. The summed E-state index contributed by atoms with van der Waals surface area (Å²) in [5, 5.41) is 38.7. The Morgan fingerprint density at radius 3 is 0.944 bits per heavy atom. The summed E-state index contributed by atoms with van der Waals surface area (Å²) in [7, 11) is 0. The number of hydrogen-bond acceptors (Lipinski definition) is 4. The molecule has 18 heteroatoms. The summed E-state index contributed by atoms with van der Waals surface area (Å²) < 4.78 is 164. The number of fused-ring (bicyclic) bond motifs is 1. The van der Waals surface area contributed by atoms with Crippen LogP contribution in [-0.2, 0) is 20.4 Å². The molecule has 0 saturated carbocycles. The van der Waals surface area contributed by atoms with Gasteiger partial charge in [0.15, 0.2) is 10.8 Å². The van der Waals surface area contributed by atoms with E-state index in [2.05, 4.69) is 0 Å². The molecule has 0 heterocycles. The lowest BCUT2D eigenvalue weighted by atomic mass is 9.54. The number of aliphatic carboxylic acids is 2. The normalized spacial score (nSPS) is 23.8. The van der Waals surface area contributed by atoms with Gasteiger partial charge in [0, 0.05) is 0 Å². The van der Waals surface area contributed by atoms with Gasteiger partial charge in [0.2, 0.25) is 0 Å². The molecular formula is C18H10F12O6. The van der Waals surface area contributed by atoms with Crippen molar-refractivity contribution in [1.82, 2.24) is 0 Å². The first-order chi connectivity index (χ1) is 15.8. The Morgan fingerprint density at radius 2 is 0.778 bits per heavy atom. The molecule has 4 N–H and O–H groups in total. The van der Waals surface area contributed by atoms with Gasteiger partial charge in [-0.05, 0) is 11.1 Å². The molecule has 1 aliphatic rings. The summed E-state index contributed by atoms with van der Waals surface area (Å²) in [5.41, 5.74) is -27.3. The van der Waals surface area contributed by atoms with Crippen LogP contribution >= 0.6 is 0 Å². The Hall–Kier alpha value is -3.02. The number of halogens is 12. The van der Waals surface area contributed by atoms with E-state index in [4.69, 9.17) is 0 Å². The molecule has 0 aliphatic heterocycles. The van der Waals surface area contributed by atoms with Crippen molar-refractivity contribution in [3.8, 4) is 0 Å². The van der Waals surface area contributed by atoms with Crippen molar-refractivity contribution in [2.75, 3.05) is 0 Å². The summed E-state index contributed by atoms with van der Waals surface area (Å²) in [6.45, 7) is 0. The van der Waals surface area contributed by atoms with Gasteiger partial charge in [0.1, 0.15) is 0 Å². The van der Waals surface area contributed by atoms with Gasteiger partial charge in [0.05, 0.1) is 0 Å². The molecule has 0 amide bonds. The van der Waals surface area contributed by atoms with Crippen LogP contribution in [0.25, 0.3) is 0 Å². The van der Waals surface area contributed by atoms with Crippen molar-refractivity contribution in [2.24, 2.45) is 0 Å². The Labute approximate surface area is 190 Å². The number of carboxylic acids is 2. The smallest absolute Gasteiger partial charge is 0.428 e. The van der Waals surface area contributed by atoms with Crippen LogP contribution in [0.2, 0.25) is 0 Å². The lowest BCUT2D eigenvalue weighted by Crippen LogP contribution is -2.75. The molecule has 1 aliphatic carbocycles. The van der Waals surface area contributed by atoms with E-state index in [1.54, 1.807) is 0 Å². The zero-order valence-corrected chi connectivity index (χ0v) is 16.6. The third kappa shape index (κ3) is 3.22. The molecule has 0 spiro atoms. The van der Waals surface area contributed by atoms with E-state index in [0.29, 0.717) is 12.1 Å². The molecule has 36 heavy (non-hydrogen) atoms. The Kier molecular flexibility index (Phi) is 6.28. The van der Waals surface area contributed by atoms with Crippen molar-refractivity contribution in [2.45, 2.75) is 46.7 Å². The number of rotatable bonds is 4. The largest absolute Gasteiger partial charge is 0.480 e. The molecule has 0 saturated heterocycles. The van der Waals surface area contributed by atoms with E-state index in [0.717, 1.165) is 0 Å². The first kappa shape index (κ1) is 29.2. The maximum atomic E-state index is 13.7. The number of hydrogen-bond donors (Lipinski definition) is 4. The van der Waals surface area contributed by atoms with Crippen LogP contribution in [0.1, 0.15) is 11.1 Å². The second kappa shape index (κ2) is 7.74. The lowest BCUT2D eigenvalue weighted by Gasteiger charge is -2.51. The summed E-state index contributed by atoms with van der Waals surface area (Å²) in [5.74, 6) is -6.57. The highest BCUT2D eigenvalue weighted by molar-refractivity contribution is 5.94. The highest BCUT2D eigenvalue weighted by Gasteiger charge is 2.86. The van der Waals surface area contributed by atoms with Crippen molar-refractivity contribution in [1.29, 1.82) is 0 Å². The van der Waals surface area contributed by atoms with Gasteiger partial charge in [-0.1, -0.05) is 36.4 Å². The third-order valence-electron chi connectivity index (χ3n) is 5.82. The van der Waals surface area contributed by atoms with Crippen LogP contribution in [0.3, 0.4) is 0 Å². The third-order valence-corrected chi connectivity index (χ3v) is 5.82. The summed E-state index contributed by atoms with van der Waals surface area (Å²) in [6.07, 6.45) is -30.2. The van der Waals surface area contributed by atoms with Gasteiger partial charge in [-0.25, -0.2) is 0 Å². The Balaban J connectivity index is 3.31. The quantitative estimate of drug-likeness (QED) is 0.337. The topological polar surface area (TPSA) is 115 Å². The number of aliphatic hydroxyl groups is 2. The molecule has 0 radical (unpaired) electrons. The van der Waals surface area contributed by atoms with E-state index in [-0.39, 0.29) is 12.1 Å². The van der Waals surface area contributed by atoms with Gasteiger partial charge in [0.25, 0.3) is 11.2 Å². The molecular weight excluding hydrogens is 540 g/mol.